The van der Waals surface area contributed by atoms with Crippen LogP contribution in [0.2, 0.25) is 5.28 Å². The molecule has 86 valence electrons. The van der Waals surface area contributed by atoms with Gasteiger partial charge < -0.3 is 4.52 Å². The predicted octanol–water partition coefficient (Wildman–Crippen LogP) is 3.17. The van der Waals surface area contributed by atoms with Crippen molar-refractivity contribution in [3.63, 3.8) is 0 Å². The molecule has 0 N–H and O–H groups in total. The number of aryl methyl sites for hydroxylation is 1. The zero-order valence-corrected chi connectivity index (χ0v) is 9.89. The first-order valence-corrected chi connectivity index (χ1v) is 6.29. The van der Waals surface area contributed by atoms with Crippen molar-refractivity contribution in [3.05, 3.63) is 46.6 Å². The lowest BCUT2D eigenvalue weighted by atomic mass is 9.92. The predicted molar refractivity (Wildman–Crippen MR) is 63.0 cm³/mol. The van der Waals surface area contributed by atoms with Crippen LogP contribution in [0.4, 0.5) is 0 Å². The van der Waals surface area contributed by atoms with Crippen LogP contribution in [0.15, 0.2) is 28.8 Å². The highest BCUT2D eigenvalue weighted by Gasteiger charge is 2.56. The maximum Gasteiger partial charge on any atom is 0.263 e. The average molecular weight is 247 g/mol. The van der Waals surface area contributed by atoms with Gasteiger partial charge in [0.05, 0.1) is 0 Å². The number of halogens is 1. The second kappa shape index (κ2) is 3.33. The number of benzene rings is 1. The second-order valence-electron chi connectivity index (χ2n) is 4.85. The lowest BCUT2D eigenvalue weighted by molar-refractivity contribution is 0.373. The Morgan fingerprint density at radius 3 is 2.94 bits per heavy atom. The number of rotatable bonds is 1. The number of aromatic nitrogens is 2. The fourth-order valence-corrected chi connectivity index (χ4v) is 3.37. The van der Waals surface area contributed by atoms with Crippen LogP contribution < -0.4 is 0 Å². The van der Waals surface area contributed by atoms with Crippen molar-refractivity contribution in [1.29, 1.82) is 0 Å². The van der Waals surface area contributed by atoms with Crippen molar-refractivity contribution in [3.8, 4) is 0 Å². The molecule has 0 aliphatic heterocycles. The van der Waals surface area contributed by atoms with E-state index < -0.39 is 0 Å². The molecule has 1 heterocycles. The van der Waals surface area contributed by atoms with Crippen LogP contribution in [0, 0.1) is 5.92 Å². The van der Waals surface area contributed by atoms with Crippen LogP contribution in [0.5, 0.6) is 0 Å². The average Bonchev–Trinajstić information content (AvgIpc) is 2.96. The second-order valence-corrected chi connectivity index (χ2v) is 5.19. The van der Waals surface area contributed by atoms with E-state index in [1.807, 2.05) is 0 Å². The van der Waals surface area contributed by atoms with Crippen molar-refractivity contribution < 1.29 is 4.52 Å². The van der Waals surface area contributed by atoms with E-state index in [1.165, 1.54) is 17.5 Å². The van der Waals surface area contributed by atoms with Crippen LogP contribution >= 0.6 is 11.6 Å². The first-order chi connectivity index (χ1) is 8.34. The van der Waals surface area contributed by atoms with Crippen molar-refractivity contribution >= 4 is 11.6 Å². The molecule has 2 aliphatic carbocycles. The minimum atomic E-state index is 0.219. The van der Waals surface area contributed by atoms with Gasteiger partial charge in [-0.25, -0.2) is 0 Å². The molecule has 3 atom stereocenters. The van der Waals surface area contributed by atoms with E-state index in [9.17, 15) is 0 Å². The molecule has 2 aromatic rings. The fourth-order valence-electron chi connectivity index (χ4n) is 3.25. The van der Waals surface area contributed by atoms with Gasteiger partial charge in [-0.05, 0) is 52.6 Å². The number of hydrogen-bond acceptors (Lipinski definition) is 3. The molecule has 17 heavy (non-hydrogen) atoms. The molecule has 0 spiro atoms. The molecule has 4 heteroatoms. The Bertz CT molecular complexity index is 580. The smallest absolute Gasteiger partial charge is 0.263 e. The van der Waals surface area contributed by atoms with Crippen LogP contribution in [-0.4, -0.2) is 10.1 Å². The van der Waals surface area contributed by atoms with Gasteiger partial charge in [0.15, 0.2) is 0 Å². The number of fused-ring (bicyclic) bond motifs is 3. The van der Waals surface area contributed by atoms with E-state index >= 15 is 0 Å². The normalized spacial score (nSPS) is 29.6. The van der Waals surface area contributed by atoms with Gasteiger partial charge in [-0.15, -0.1) is 0 Å². The van der Waals surface area contributed by atoms with Crippen molar-refractivity contribution in [2.45, 2.75) is 24.7 Å². The largest absolute Gasteiger partial charge is 0.338 e. The molecule has 4 rings (SSSR count). The molecule has 0 amide bonds. The van der Waals surface area contributed by atoms with Crippen LogP contribution in [0.25, 0.3) is 0 Å². The summed E-state index contributed by atoms with van der Waals surface area (Å²) in [4.78, 5) is 4.16. The molecule has 1 aromatic heterocycles. The summed E-state index contributed by atoms with van der Waals surface area (Å²) < 4.78 is 5.20. The standard InChI is InChI=1S/C13H11ClN2O/c14-13-15-12(17-16-13)11-9-6-5-7-3-1-2-4-8(7)10(9)11/h1-4,9-11H,5-6H2. The van der Waals surface area contributed by atoms with Gasteiger partial charge in [-0.1, -0.05) is 24.3 Å². The maximum atomic E-state index is 5.71. The molecule has 2 aliphatic rings. The van der Waals surface area contributed by atoms with Crippen molar-refractivity contribution in [2.75, 3.05) is 0 Å². The molecule has 3 nitrogen and oxygen atoms in total. The Hall–Kier alpha value is -1.35. The highest BCUT2D eigenvalue weighted by atomic mass is 35.5. The minimum absolute atomic E-state index is 0.219. The summed E-state index contributed by atoms with van der Waals surface area (Å²) in [6.45, 7) is 0. The summed E-state index contributed by atoms with van der Waals surface area (Å²) in [6.07, 6.45) is 2.38. The summed E-state index contributed by atoms with van der Waals surface area (Å²) in [6, 6.07) is 8.67. The highest BCUT2D eigenvalue weighted by molar-refractivity contribution is 6.28. The van der Waals surface area contributed by atoms with Gasteiger partial charge in [0.2, 0.25) is 5.89 Å². The third-order valence-corrected chi connectivity index (χ3v) is 4.19. The monoisotopic (exact) mass is 246 g/mol. The molecule has 0 saturated heterocycles. The highest BCUT2D eigenvalue weighted by Crippen LogP contribution is 2.64. The van der Waals surface area contributed by atoms with E-state index in [0.717, 1.165) is 6.42 Å². The fraction of sp³-hybridized carbons (Fsp3) is 0.385. The summed E-state index contributed by atoms with van der Waals surface area (Å²) in [5, 5.41) is 3.89. The zero-order chi connectivity index (χ0) is 11.4. The number of nitrogens with zero attached hydrogens (tertiary/aromatic N) is 2. The third kappa shape index (κ3) is 1.35. The Morgan fingerprint density at radius 2 is 2.12 bits per heavy atom. The molecule has 1 saturated carbocycles. The Morgan fingerprint density at radius 1 is 1.24 bits per heavy atom. The van der Waals surface area contributed by atoms with Gasteiger partial charge in [-0.2, -0.15) is 4.98 Å². The van der Waals surface area contributed by atoms with Gasteiger partial charge >= 0.3 is 0 Å². The molecule has 1 fully saturated rings. The van der Waals surface area contributed by atoms with E-state index in [1.54, 1.807) is 0 Å². The van der Waals surface area contributed by atoms with E-state index in [0.29, 0.717) is 23.6 Å². The Labute approximate surface area is 104 Å². The van der Waals surface area contributed by atoms with Gasteiger partial charge in [0.1, 0.15) is 0 Å². The summed E-state index contributed by atoms with van der Waals surface area (Å²) in [5.41, 5.74) is 2.94. The lowest BCUT2D eigenvalue weighted by Crippen LogP contribution is -2.00. The molecule has 1 aromatic carbocycles. The third-order valence-electron chi connectivity index (χ3n) is 4.03. The van der Waals surface area contributed by atoms with E-state index in [2.05, 4.69) is 34.4 Å². The maximum absolute atomic E-state index is 5.71. The zero-order valence-electron chi connectivity index (χ0n) is 9.14. The summed E-state index contributed by atoms with van der Waals surface area (Å²) >= 11 is 5.71. The summed E-state index contributed by atoms with van der Waals surface area (Å²) in [5.74, 6) is 2.33. The first kappa shape index (κ1) is 9.66. The van der Waals surface area contributed by atoms with Gasteiger partial charge in [0.25, 0.3) is 5.28 Å². The topological polar surface area (TPSA) is 38.9 Å². The van der Waals surface area contributed by atoms with E-state index in [-0.39, 0.29) is 5.28 Å². The quantitative estimate of drug-likeness (QED) is 0.776. The lowest BCUT2D eigenvalue weighted by Gasteiger charge is -2.13. The van der Waals surface area contributed by atoms with E-state index in [4.69, 9.17) is 16.1 Å². The molecule has 0 bridgehead atoms. The molecule has 0 radical (unpaired) electrons. The van der Waals surface area contributed by atoms with Crippen molar-refractivity contribution in [2.24, 2.45) is 5.92 Å². The number of hydrogen-bond donors (Lipinski definition) is 0. The SMILES string of the molecule is Clc1noc(C2C3CCc4ccccc4C32)n1. The van der Waals surface area contributed by atoms with Crippen molar-refractivity contribution in [1.82, 2.24) is 10.1 Å². The molecular formula is C13H11ClN2O. The van der Waals surface area contributed by atoms with Crippen LogP contribution in [-0.2, 0) is 6.42 Å². The molecule has 3 unspecified atom stereocenters. The van der Waals surface area contributed by atoms with Gasteiger partial charge in [0, 0.05) is 5.92 Å². The minimum Gasteiger partial charge on any atom is -0.338 e. The van der Waals surface area contributed by atoms with Crippen LogP contribution in [0.3, 0.4) is 0 Å². The van der Waals surface area contributed by atoms with Crippen LogP contribution in [0.1, 0.15) is 35.3 Å². The first-order valence-electron chi connectivity index (χ1n) is 5.91. The Balaban J connectivity index is 1.73. The van der Waals surface area contributed by atoms with Gasteiger partial charge in [-0.3, -0.25) is 0 Å². The molecular weight excluding hydrogens is 236 g/mol. The summed E-state index contributed by atoms with van der Waals surface area (Å²) in [7, 11) is 0. The Kier molecular flexibility index (Phi) is 1.89.